The van der Waals surface area contributed by atoms with Gasteiger partial charge in [0.05, 0.1) is 0 Å². The molecule has 0 aromatic rings. The zero-order valence-corrected chi connectivity index (χ0v) is 9.51. The zero-order valence-electron chi connectivity index (χ0n) is 9.51. The minimum absolute atomic E-state index is 0.161. The molecule has 16 heavy (non-hydrogen) atoms. The van der Waals surface area contributed by atoms with E-state index in [1.165, 1.54) is 0 Å². The maximum atomic E-state index is 11.0. The smallest absolute Gasteiger partial charge is 0.381 e. The molecule has 0 radical (unpaired) electrons. The van der Waals surface area contributed by atoms with Gasteiger partial charge in [-0.2, -0.15) is 0 Å². The molecule has 0 fully saturated rings. The molecule has 0 bridgehead atoms. The fraction of sp³-hybridized carbons (Fsp3) is 0.800. The Balaban J connectivity index is 3.84. The van der Waals surface area contributed by atoms with E-state index in [9.17, 15) is 14.7 Å². The first kappa shape index (κ1) is 14.9. The monoisotopic (exact) mass is 234 g/mol. The van der Waals surface area contributed by atoms with Crippen LogP contribution < -0.4 is 0 Å². The first-order valence-electron chi connectivity index (χ1n) is 5.31. The lowest BCUT2D eigenvalue weighted by atomic mass is 10.2. The second kappa shape index (κ2) is 8.06. The van der Waals surface area contributed by atoms with Crippen LogP contribution in [0.5, 0.6) is 0 Å². The number of aliphatic hydroxyl groups is 2. The van der Waals surface area contributed by atoms with Gasteiger partial charge in [0.25, 0.3) is 0 Å². The topological polar surface area (TPSA) is 93.1 Å². The van der Waals surface area contributed by atoms with Crippen molar-refractivity contribution in [2.24, 2.45) is 0 Å². The molecule has 0 aliphatic heterocycles. The van der Waals surface area contributed by atoms with Crippen molar-refractivity contribution in [1.29, 1.82) is 0 Å². The summed E-state index contributed by atoms with van der Waals surface area (Å²) in [6, 6.07) is 0. The summed E-state index contributed by atoms with van der Waals surface area (Å²) in [6.07, 6.45) is -0.703. The van der Waals surface area contributed by atoms with Gasteiger partial charge in [0.1, 0.15) is 0 Å². The van der Waals surface area contributed by atoms with E-state index >= 15 is 0 Å². The predicted molar refractivity (Wildman–Crippen MR) is 54.0 cm³/mol. The average molecular weight is 234 g/mol. The van der Waals surface area contributed by atoms with E-state index in [0.29, 0.717) is 6.42 Å². The van der Waals surface area contributed by atoms with Gasteiger partial charge in [0.2, 0.25) is 0 Å². The molecule has 0 aromatic carbocycles. The second-order valence-corrected chi connectivity index (χ2v) is 3.39. The van der Waals surface area contributed by atoms with Crippen LogP contribution in [-0.2, 0) is 19.4 Å². The summed E-state index contributed by atoms with van der Waals surface area (Å²) in [6.45, 7) is 3.49. The fourth-order valence-electron chi connectivity index (χ4n) is 0.875. The lowest BCUT2D eigenvalue weighted by Crippen LogP contribution is -2.28. The summed E-state index contributed by atoms with van der Waals surface area (Å²) in [5.41, 5.74) is 0. The summed E-state index contributed by atoms with van der Waals surface area (Å²) in [5.74, 6) is -2.07. The van der Waals surface area contributed by atoms with Crippen molar-refractivity contribution in [2.45, 2.75) is 51.7 Å². The van der Waals surface area contributed by atoms with Crippen LogP contribution in [0.1, 0.15) is 39.5 Å². The van der Waals surface area contributed by atoms with E-state index in [0.717, 1.165) is 6.42 Å². The second-order valence-electron chi connectivity index (χ2n) is 3.39. The molecule has 0 aliphatic carbocycles. The highest BCUT2D eigenvalue weighted by atomic mass is 17.2. The van der Waals surface area contributed by atoms with Gasteiger partial charge in [-0.05, 0) is 12.8 Å². The molecule has 6 heteroatoms. The highest BCUT2D eigenvalue weighted by molar-refractivity contribution is 5.77. The normalized spacial score (nSPS) is 14.0. The van der Waals surface area contributed by atoms with E-state index < -0.39 is 24.1 Å². The zero-order chi connectivity index (χ0) is 12.6. The van der Waals surface area contributed by atoms with E-state index in [1.54, 1.807) is 6.92 Å². The molecule has 0 rings (SSSR count). The Kier molecular flexibility index (Phi) is 7.49. The van der Waals surface area contributed by atoms with Crippen LogP contribution in [-0.4, -0.2) is 34.4 Å². The Morgan fingerprint density at radius 1 is 1.06 bits per heavy atom. The minimum Gasteiger partial charge on any atom is -0.381 e. The lowest BCUT2D eigenvalue weighted by molar-refractivity contribution is -0.269. The summed E-state index contributed by atoms with van der Waals surface area (Å²) in [5, 5.41) is 18.2. The summed E-state index contributed by atoms with van der Waals surface area (Å²) >= 11 is 0. The molecule has 2 atom stereocenters. The third-order valence-corrected chi connectivity index (χ3v) is 1.97. The van der Waals surface area contributed by atoms with Crippen molar-refractivity contribution in [3.05, 3.63) is 0 Å². The van der Waals surface area contributed by atoms with Crippen LogP contribution in [0, 0.1) is 0 Å². The van der Waals surface area contributed by atoms with Crippen LogP contribution >= 0.6 is 0 Å². The van der Waals surface area contributed by atoms with Gasteiger partial charge < -0.3 is 10.2 Å². The number of hydrogen-bond acceptors (Lipinski definition) is 6. The van der Waals surface area contributed by atoms with Gasteiger partial charge in [0, 0.05) is 0 Å². The van der Waals surface area contributed by atoms with Crippen molar-refractivity contribution in [2.75, 3.05) is 0 Å². The van der Waals surface area contributed by atoms with Crippen molar-refractivity contribution in [3.63, 3.8) is 0 Å². The van der Waals surface area contributed by atoms with E-state index in [-0.39, 0.29) is 12.8 Å². The molecule has 0 saturated carbocycles. The number of rotatable bonds is 6. The standard InChI is InChI=1S/C10H18O6/c1-3-5-6-8(12)10(14)16-15-9(13)7(11)4-2/h7-8,11-12H,3-6H2,1-2H3. The third kappa shape index (κ3) is 5.67. The maximum absolute atomic E-state index is 11.0. The van der Waals surface area contributed by atoms with E-state index in [1.807, 2.05) is 6.92 Å². The fourth-order valence-corrected chi connectivity index (χ4v) is 0.875. The Labute approximate surface area is 94.1 Å². The van der Waals surface area contributed by atoms with Gasteiger partial charge in [-0.3, -0.25) is 0 Å². The van der Waals surface area contributed by atoms with Crippen molar-refractivity contribution in [1.82, 2.24) is 0 Å². The number of carbonyl (C=O) groups excluding carboxylic acids is 2. The minimum atomic E-state index is -1.32. The molecule has 0 amide bonds. The Hall–Kier alpha value is -1.14. The lowest BCUT2D eigenvalue weighted by Gasteiger charge is -2.09. The predicted octanol–water partition coefficient (Wildman–Crippen LogP) is 0.310. The highest BCUT2D eigenvalue weighted by Gasteiger charge is 2.21. The molecular formula is C10H18O6. The Morgan fingerprint density at radius 2 is 1.56 bits per heavy atom. The molecule has 0 aromatic heterocycles. The number of aliphatic hydroxyl groups excluding tert-OH is 2. The van der Waals surface area contributed by atoms with Gasteiger partial charge in [-0.1, -0.05) is 26.7 Å². The molecule has 2 unspecified atom stereocenters. The SMILES string of the molecule is CCCCC(O)C(=O)OOC(=O)C(O)CC. The van der Waals surface area contributed by atoms with Crippen LogP contribution in [0.25, 0.3) is 0 Å². The van der Waals surface area contributed by atoms with Gasteiger partial charge >= 0.3 is 11.9 Å². The number of unbranched alkanes of at least 4 members (excludes halogenated alkanes) is 1. The highest BCUT2D eigenvalue weighted by Crippen LogP contribution is 2.03. The van der Waals surface area contributed by atoms with Gasteiger partial charge in [-0.25, -0.2) is 19.4 Å². The molecule has 0 heterocycles. The molecular weight excluding hydrogens is 216 g/mol. The van der Waals surface area contributed by atoms with Crippen molar-refractivity contribution >= 4 is 11.9 Å². The van der Waals surface area contributed by atoms with Crippen LogP contribution in [0.15, 0.2) is 0 Å². The van der Waals surface area contributed by atoms with Gasteiger partial charge in [-0.15, -0.1) is 0 Å². The summed E-state index contributed by atoms with van der Waals surface area (Å²) < 4.78 is 0. The quantitative estimate of drug-likeness (QED) is 0.507. The number of hydrogen-bond donors (Lipinski definition) is 2. The van der Waals surface area contributed by atoms with Crippen molar-refractivity contribution in [3.8, 4) is 0 Å². The number of carbonyl (C=O) groups is 2. The molecule has 2 N–H and O–H groups in total. The molecule has 94 valence electrons. The van der Waals surface area contributed by atoms with Crippen LogP contribution in [0.3, 0.4) is 0 Å². The van der Waals surface area contributed by atoms with E-state index in [2.05, 4.69) is 9.78 Å². The van der Waals surface area contributed by atoms with Crippen LogP contribution in [0.2, 0.25) is 0 Å². The molecule has 0 saturated heterocycles. The molecule has 6 nitrogen and oxygen atoms in total. The third-order valence-electron chi connectivity index (χ3n) is 1.97. The van der Waals surface area contributed by atoms with Crippen LogP contribution in [0.4, 0.5) is 0 Å². The summed E-state index contributed by atoms with van der Waals surface area (Å²) in [7, 11) is 0. The molecule has 0 aliphatic rings. The first-order chi connectivity index (χ1) is 7.52. The Morgan fingerprint density at radius 3 is 2.00 bits per heavy atom. The van der Waals surface area contributed by atoms with Gasteiger partial charge in [0.15, 0.2) is 12.2 Å². The summed E-state index contributed by atoms with van der Waals surface area (Å²) in [4.78, 5) is 30.1. The van der Waals surface area contributed by atoms with Crippen molar-refractivity contribution < 1.29 is 29.6 Å². The van der Waals surface area contributed by atoms with E-state index in [4.69, 9.17) is 5.11 Å². The largest absolute Gasteiger partial charge is 0.383 e. The Bertz CT molecular complexity index is 227. The average Bonchev–Trinajstić information content (AvgIpc) is 2.31. The maximum Gasteiger partial charge on any atom is 0.383 e. The molecule has 0 spiro atoms. The first-order valence-corrected chi connectivity index (χ1v) is 5.31.